The molecule has 7 nitrogen and oxygen atoms in total. The number of esters is 1. The summed E-state index contributed by atoms with van der Waals surface area (Å²) in [7, 11) is 0. The van der Waals surface area contributed by atoms with E-state index in [1.54, 1.807) is 6.07 Å². The van der Waals surface area contributed by atoms with Gasteiger partial charge in [0, 0.05) is 25.6 Å². The van der Waals surface area contributed by atoms with Gasteiger partial charge in [0.15, 0.2) is 0 Å². The summed E-state index contributed by atoms with van der Waals surface area (Å²) in [4.78, 5) is 25.4. The van der Waals surface area contributed by atoms with Gasteiger partial charge in [-0.25, -0.2) is 4.98 Å². The first-order valence-electron chi connectivity index (χ1n) is 5.80. The molecule has 0 unspecified atom stereocenters. The van der Waals surface area contributed by atoms with Gasteiger partial charge in [-0.05, 0) is 13.0 Å². The van der Waals surface area contributed by atoms with Crippen LogP contribution in [-0.4, -0.2) is 20.4 Å². The molecule has 1 aromatic heterocycles. The number of nitro groups is 1. The molecule has 2 rings (SSSR count). The molecule has 1 aromatic carbocycles. The lowest BCUT2D eigenvalue weighted by Gasteiger charge is -2.05. The normalized spacial score (nSPS) is 10.6. The van der Waals surface area contributed by atoms with Crippen molar-refractivity contribution in [1.82, 2.24) is 9.55 Å². The summed E-state index contributed by atoms with van der Waals surface area (Å²) in [6.45, 7) is 3.96. The maximum Gasteiger partial charge on any atom is 0.303 e. The first kappa shape index (κ1) is 13.0. The van der Waals surface area contributed by atoms with Gasteiger partial charge in [-0.2, -0.15) is 0 Å². The van der Waals surface area contributed by atoms with E-state index in [-0.39, 0.29) is 18.3 Å². The summed E-state index contributed by atoms with van der Waals surface area (Å²) in [5, 5.41) is 10.7. The second kappa shape index (κ2) is 5.05. The summed E-state index contributed by atoms with van der Waals surface area (Å²) >= 11 is 0. The lowest BCUT2D eigenvalue weighted by atomic mass is 10.3. The molecule has 0 saturated heterocycles. The standard InChI is InChI=1S/C12H13N3O4/c1-3-14-11-5-4-9(15(17)18)6-10(11)13-12(14)7-19-8(2)16/h4-6H,3,7H2,1-2H3. The maximum atomic E-state index is 10.8. The number of fused-ring (bicyclic) bond motifs is 1. The molecule has 0 radical (unpaired) electrons. The van der Waals surface area contributed by atoms with E-state index in [1.165, 1.54) is 19.1 Å². The van der Waals surface area contributed by atoms with Crippen LogP contribution in [0.2, 0.25) is 0 Å². The van der Waals surface area contributed by atoms with Crippen LogP contribution >= 0.6 is 0 Å². The lowest BCUT2D eigenvalue weighted by Crippen LogP contribution is -2.06. The van der Waals surface area contributed by atoms with Crippen LogP contribution in [0.4, 0.5) is 5.69 Å². The fraction of sp³-hybridized carbons (Fsp3) is 0.333. The molecule has 1 heterocycles. The van der Waals surface area contributed by atoms with Gasteiger partial charge in [-0.15, -0.1) is 0 Å². The van der Waals surface area contributed by atoms with Crippen LogP contribution in [0.15, 0.2) is 18.2 Å². The van der Waals surface area contributed by atoms with E-state index in [2.05, 4.69) is 4.98 Å². The zero-order chi connectivity index (χ0) is 14.0. The van der Waals surface area contributed by atoms with Crippen molar-refractivity contribution in [1.29, 1.82) is 0 Å². The van der Waals surface area contributed by atoms with Crippen LogP contribution in [0, 0.1) is 10.1 Å². The second-order valence-corrected chi connectivity index (χ2v) is 3.98. The topological polar surface area (TPSA) is 87.3 Å². The molecule has 19 heavy (non-hydrogen) atoms. The van der Waals surface area contributed by atoms with Crippen molar-refractivity contribution in [2.45, 2.75) is 27.0 Å². The third-order valence-corrected chi connectivity index (χ3v) is 2.74. The number of imidazole rings is 1. The first-order chi connectivity index (χ1) is 9.02. The molecule has 2 aromatic rings. The van der Waals surface area contributed by atoms with E-state index in [0.717, 1.165) is 5.52 Å². The number of rotatable bonds is 4. The van der Waals surface area contributed by atoms with Crippen LogP contribution in [0.25, 0.3) is 11.0 Å². The van der Waals surface area contributed by atoms with Gasteiger partial charge in [0.1, 0.15) is 12.4 Å². The van der Waals surface area contributed by atoms with Gasteiger partial charge in [0.2, 0.25) is 0 Å². The van der Waals surface area contributed by atoms with Gasteiger partial charge < -0.3 is 9.30 Å². The minimum atomic E-state index is -0.462. The Morgan fingerprint density at radius 2 is 2.26 bits per heavy atom. The predicted octanol–water partition coefficient (Wildman–Crippen LogP) is 2.03. The van der Waals surface area contributed by atoms with Crippen LogP contribution in [0.1, 0.15) is 19.7 Å². The molecule has 0 aliphatic rings. The van der Waals surface area contributed by atoms with Crippen molar-refractivity contribution in [3.63, 3.8) is 0 Å². The van der Waals surface area contributed by atoms with Gasteiger partial charge in [0.05, 0.1) is 16.0 Å². The van der Waals surface area contributed by atoms with Crippen molar-refractivity contribution < 1.29 is 14.5 Å². The van der Waals surface area contributed by atoms with Gasteiger partial charge in [0.25, 0.3) is 5.69 Å². The van der Waals surface area contributed by atoms with Crippen LogP contribution in [-0.2, 0) is 22.7 Å². The molecule has 0 aliphatic heterocycles. The molecular formula is C12H13N3O4. The number of hydrogen-bond acceptors (Lipinski definition) is 5. The molecule has 0 fully saturated rings. The number of nitro benzene ring substituents is 1. The van der Waals surface area contributed by atoms with Crippen molar-refractivity contribution in [3.05, 3.63) is 34.1 Å². The zero-order valence-corrected chi connectivity index (χ0v) is 10.6. The van der Waals surface area contributed by atoms with Gasteiger partial charge >= 0.3 is 5.97 Å². The number of ether oxygens (including phenoxy) is 1. The highest BCUT2D eigenvalue weighted by Gasteiger charge is 2.14. The van der Waals surface area contributed by atoms with Crippen molar-refractivity contribution >= 4 is 22.7 Å². The van der Waals surface area contributed by atoms with E-state index in [4.69, 9.17) is 4.74 Å². The number of aromatic nitrogens is 2. The number of carbonyl (C=O) groups excluding carboxylic acids is 1. The lowest BCUT2D eigenvalue weighted by molar-refractivity contribution is -0.384. The average molecular weight is 263 g/mol. The van der Waals surface area contributed by atoms with E-state index in [9.17, 15) is 14.9 Å². The van der Waals surface area contributed by atoms with E-state index in [1.807, 2.05) is 11.5 Å². The number of aryl methyl sites for hydroxylation is 1. The largest absolute Gasteiger partial charge is 0.458 e. The summed E-state index contributed by atoms with van der Waals surface area (Å²) < 4.78 is 6.78. The third kappa shape index (κ3) is 2.54. The molecule has 7 heteroatoms. The summed E-state index contributed by atoms with van der Waals surface area (Å²) in [6.07, 6.45) is 0. The zero-order valence-electron chi connectivity index (χ0n) is 10.6. The number of hydrogen-bond donors (Lipinski definition) is 0. The number of non-ortho nitro benzene ring substituents is 1. The Balaban J connectivity index is 2.47. The van der Waals surface area contributed by atoms with Gasteiger partial charge in [-0.3, -0.25) is 14.9 Å². The highest BCUT2D eigenvalue weighted by Crippen LogP contribution is 2.22. The summed E-state index contributed by atoms with van der Waals surface area (Å²) in [5.74, 6) is 0.189. The van der Waals surface area contributed by atoms with E-state index < -0.39 is 4.92 Å². The smallest absolute Gasteiger partial charge is 0.303 e. The highest BCUT2D eigenvalue weighted by atomic mass is 16.6. The second-order valence-electron chi connectivity index (χ2n) is 3.98. The molecule has 0 spiro atoms. The Bertz CT molecular complexity index is 648. The highest BCUT2D eigenvalue weighted by molar-refractivity contribution is 5.78. The molecule has 0 bridgehead atoms. The van der Waals surface area contributed by atoms with Crippen LogP contribution < -0.4 is 0 Å². The fourth-order valence-corrected chi connectivity index (χ4v) is 1.91. The molecule has 0 amide bonds. The summed E-state index contributed by atoms with van der Waals surface area (Å²) in [6, 6.07) is 4.51. The Morgan fingerprint density at radius 1 is 1.53 bits per heavy atom. The predicted molar refractivity (Wildman–Crippen MR) is 67.5 cm³/mol. The van der Waals surface area contributed by atoms with Crippen LogP contribution in [0.3, 0.4) is 0 Å². The van der Waals surface area contributed by atoms with Crippen LogP contribution in [0.5, 0.6) is 0 Å². The van der Waals surface area contributed by atoms with Gasteiger partial charge in [-0.1, -0.05) is 0 Å². The van der Waals surface area contributed by atoms with E-state index >= 15 is 0 Å². The first-order valence-corrected chi connectivity index (χ1v) is 5.80. The fourth-order valence-electron chi connectivity index (χ4n) is 1.91. The minimum absolute atomic E-state index is 0.00714. The minimum Gasteiger partial charge on any atom is -0.458 e. The molecule has 0 atom stereocenters. The monoisotopic (exact) mass is 263 g/mol. The van der Waals surface area contributed by atoms with Crippen molar-refractivity contribution in [3.8, 4) is 0 Å². The number of carbonyl (C=O) groups is 1. The number of nitrogens with zero attached hydrogens (tertiary/aromatic N) is 3. The average Bonchev–Trinajstić information content (AvgIpc) is 2.72. The summed E-state index contributed by atoms with van der Waals surface area (Å²) in [5.41, 5.74) is 1.31. The molecule has 100 valence electrons. The van der Waals surface area contributed by atoms with Crippen molar-refractivity contribution in [2.75, 3.05) is 0 Å². The number of benzene rings is 1. The van der Waals surface area contributed by atoms with E-state index in [0.29, 0.717) is 17.9 Å². The maximum absolute atomic E-state index is 10.8. The SMILES string of the molecule is CCn1c(COC(C)=O)nc2cc([N+](=O)[O-])ccc21. The molecule has 0 saturated carbocycles. The molecule has 0 aliphatic carbocycles. The Kier molecular flexibility index (Phi) is 3.46. The Hall–Kier alpha value is -2.44. The molecule has 0 N–H and O–H groups in total. The Morgan fingerprint density at radius 3 is 2.84 bits per heavy atom. The quantitative estimate of drug-likeness (QED) is 0.478. The molecular weight excluding hydrogens is 250 g/mol. The Labute approximate surface area is 109 Å². The third-order valence-electron chi connectivity index (χ3n) is 2.74. The van der Waals surface area contributed by atoms with Crippen molar-refractivity contribution in [2.24, 2.45) is 0 Å².